The van der Waals surface area contributed by atoms with Crippen molar-refractivity contribution in [1.82, 2.24) is 0 Å². The summed E-state index contributed by atoms with van der Waals surface area (Å²) >= 11 is 0. The van der Waals surface area contributed by atoms with E-state index in [4.69, 9.17) is 0 Å². The summed E-state index contributed by atoms with van der Waals surface area (Å²) in [7, 11) is 0. The van der Waals surface area contributed by atoms with Crippen molar-refractivity contribution in [2.45, 2.75) is 59.0 Å². The van der Waals surface area contributed by atoms with Crippen molar-refractivity contribution in [2.75, 3.05) is 0 Å². The molecule has 2 rings (SSSR count). The van der Waals surface area contributed by atoms with Gasteiger partial charge in [0.05, 0.1) is 5.60 Å². The molecular formula is C15H26O. The highest BCUT2D eigenvalue weighted by Gasteiger charge is 2.42. The molecule has 0 aliphatic heterocycles. The summed E-state index contributed by atoms with van der Waals surface area (Å²) in [5.74, 6) is 2.99. The Morgan fingerprint density at radius 3 is 2.75 bits per heavy atom. The van der Waals surface area contributed by atoms with Gasteiger partial charge >= 0.3 is 0 Å². The Morgan fingerprint density at radius 2 is 2.12 bits per heavy atom. The van der Waals surface area contributed by atoms with Gasteiger partial charge in [0.25, 0.3) is 0 Å². The van der Waals surface area contributed by atoms with Crippen molar-refractivity contribution in [1.29, 1.82) is 0 Å². The minimum absolute atomic E-state index is 0.411. The lowest BCUT2D eigenvalue weighted by Gasteiger charge is -2.47. The number of rotatable bonds is 1. The van der Waals surface area contributed by atoms with Crippen LogP contribution in [0.4, 0.5) is 0 Å². The Kier molecular flexibility index (Phi) is 3.18. The van der Waals surface area contributed by atoms with Gasteiger partial charge in [0, 0.05) is 0 Å². The van der Waals surface area contributed by atoms with Crippen LogP contribution in [-0.4, -0.2) is 10.7 Å². The van der Waals surface area contributed by atoms with Crippen LogP contribution in [0.5, 0.6) is 0 Å². The zero-order valence-electron chi connectivity index (χ0n) is 11.2. The smallest absolute Gasteiger partial charge is 0.0623 e. The van der Waals surface area contributed by atoms with Crippen LogP contribution in [0.15, 0.2) is 11.6 Å². The van der Waals surface area contributed by atoms with Crippen molar-refractivity contribution < 1.29 is 5.11 Å². The summed E-state index contributed by atoms with van der Waals surface area (Å²) in [6, 6.07) is 0. The molecule has 4 atom stereocenters. The van der Waals surface area contributed by atoms with Crippen LogP contribution in [0.25, 0.3) is 0 Å². The predicted molar refractivity (Wildman–Crippen MR) is 68.2 cm³/mol. The third-order valence-electron chi connectivity index (χ3n) is 4.89. The van der Waals surface area contributed by atoms with Gasteiger partial charge in [-0.25, -0.2) is 0 Å². The highest BCUT2D eigenvalue weighted by Crippen LogP contribution is 2.49. The number of hydrogen-bond donors (Lipinski definition) is 1. The summed E-state index contributed by atoms with van der Waals surface area (Å²) in [6.45, 7) is 8.97. The van der Waals surface area contributed by atoms with Crippen LogP contribution in [0.2, 0.25) is 0 Å². The molecule has 1 heteroatoms. The van der Waals surface area contributed by atoms with E-state index in [1.165, 1.54) is 12.8 Å². The molecule has 1 N–H and O–H groups in total. The van der Waals surface area contributed by atoms with E-state index < -0.39 is 5.60 Å². The first-order valence-electron chi connectivity index (χ1n) is 6.80. The molecule has 2 aliphatic rings. The van der Waals surface area contributed by atoms with Gasteiger partial charge in [-0.05, 0) is 63.2 Å². The van der Waals surface area contributed by atoms with Crippen LogP contribution in [0.1, 0.15) is 53.4 Å². The van der Waals surface area contributed by atoms with E-state index in [1.807, 2.05) is 6.92 Å². The van der Waals surface area contributed by atoms with Gasteiger partial charge < -0.3 is 5.11 Å². The Labute approximate surface area is 99.9 Å². The van der Waals surface area contributed by atoms with Crippen molar-refractivity contribution in [3.05, 3.63) is 11.6 Å². The molecule has 2 aliphatic carbocycles. The molecule has 1 nitrogen and oxygen atoms in total. The first-order chi connectivity index (χ1) is 7.41. The summed E-state index contributed by atoms with van der Waals surface area (Å²) in [5.41, 5.74) is 1.17. The zero-order valence-corrected chi connectivity index (χ0v) is 11.2. The van der Waals surface area contributed by atoms with Gasteiger partial charge in [0.1, 0.15) is 0 Å². The van der Waals surface area contributed by atoms with Crippen molar-refractivity contribution in [3.63, 3.8) is 0 Å². The molecule has 1 saturated carbocycles. The van der Waals surface area contributed by atoms with Gasteiger partial charge in [-0.1, -0.05) is 25.5 Å². The molecule has 0 heterocycles. The molecular weight excluding hydrogens is 196 g/mol. The van der Waals surface area contributed by atoms with Crippen LogP contribution in [0.3, 0.4) is 0 Å². The lowest BCUT2D eigenvalue weighted by Crippen LogP contribution is -2.42. The Bertz CT molecular complexity index is 288. The second kappa shape index (κ2) is 4.18. The molecule has 0 radical (unpaired) electrons. The van der Waals surface area contributed by atoms with Crippen molar-refractivity contribution in [3.8, 4) is 0 Å². The van der Waals surface area contributed by atoms with E-state index in [0.717, 1.165) is 30.6 Å². The molecule has 0 amide bonds. The predicted octanol–water partition coefficient (Wildman–Crippen LogP) is 3.78. The lowest BCUT2D eigenvalue weighted by molar-refractivity contribution is -0.0370. The molecule has 0 bridgehead atoms. The van der Waals surface area contributed by atoms with Crippen LogP contribution in [0, 0.1) is 23.7 Å². The zero-order chi connectivity index (χ0) is 11.9. The van der Waals surface area contributed by atoms with Crippen molar-refractivity contribution >= 4 is 0 Å². The Hall–Kier alpha value is -0.300. The van der Waals surface area contributed by atoms with Crippen LogP contribution in [-0.2, 0) is 0 Å². The van der Waals surface area contributed by atoms with Crippen molar-refractivity contribution in [2.24, 2.45) is 23.7 Å². The highest BCUT2D eigenvalue weighted by molar-refractivity contribution is 5.14. The fourth-order valence-electron chi connectivity index (χ4n) is 3.86. The molecule has 0 saturated heterocycles. The Morgan fingerprint density at radius 1 is 1.44 bits per heavy atom. The first-order valence-corrected chi connectivity index (χ1v) is 6.80. The normalized spacial score (nSPS) is 44.1. The largest absolute Gasteiger partial charge is 0.390 e. The first kappa shape index (κ1) is 12.2. The van der Waals surface area contributed by atoms with Gasteiger partial charge in [-0.3, -0.25) is 0 Å². The molecule has 0 aromatic heterocycles. The van der Waals surface area contributed by atoms with E-state index in [-0.39, 0.29) is 0 Å². The third-order valence-corrected chi connectivity index (χ3v) is 4.89. The highest BCUT2D eigenvalue weighted by atomic mass is 16.3. The van der Waals surface area contributed by atoms with Gasteiger partial charge in [0.15, 0.2) is 0 Å². The summed E-state index contributed by atoms with van der Waals surface area (Å²) in [6.07, 6.45) is 6.84. The number of aliphatic hydroxyl groups is 1. The summed E-state index contributed by atoms with van der Waals surface area (Å²) in [4.78, 5) is 0. The van der Waals surface area contributed by atoms with Gasteiger partial charge in [-0.15, -0.1) is 0 Å². The topological polar surface area (TPSA) is 20.2 Å². The monoisotopic (exact) mass is 222 g/mol. The fraction of sp³-hybridized carbons (Fsp3) is 0.867. The third kappa shape index (κ3) is 2.20. The van der Waals surface area contributed by atoms with E-state index in [0.29, 0.717) is 5.92 Å². The van der Waals surface area contributed by atoms with E-state index in [9.17, 15) is 5.11 Å². The van der Waals surface area contributed by atoms with Gasteiger partial charge in [0.2, 0.25) is 0 Å². The maximum atomic E-state index is 10.3. The molecule has 16 heavy (non-hydrogen) atoms. The average Bonchev–Trinajstić information content (AvgIpc) is 2.15. The standard InChI is InChI=1S/C15H26O/c1-10(2)12-6-5-11(3)13-7-8-15(4,16)9-14(12)13/h5,10,12-14,16H,6-9H2,1-4H3/t12-,13-,14+,15-/m1/s1. The summed E-state index contributed by atoms with van der Waals surface area (Å²) < 4.78 is 0. The maximum Gasteiger partial charge on any atom is 0.0623 e. The second-order valence-electron chi connectivity index (χ2n) is 6.60. The molecule has 0 aromatic carbocycles. The Balaban J connectivity index is 2.22. The molecule has 0 unspecified atom stereocenters. The summed E-state index contributed by atoms with van der Waals surface area (Å²) in [5, 5.41) is 10.3. The molecule has 1 fully saturated rings. The molecule has 0 spiro atoms. The minimum atomic E-state index is -0.411. The van der Waals surface area contributed by atoms with Crippen LogP contribution < -0.4 is 0 Å². The molecule has 0 aromatic rings. The average molecular weight is 222 g/mol. The fourth-order valence-corrected chi connectivity index (χ4v) is 3.86. The SMILES string of the molecule is CC1=CC[C@H](C(C)C)[C@@H]2C[C@](C)(O)CC[C@H]12. The quantitative estimate of drug-likeness (QED) is 0.669. The van der Waals surface area contributed by atoms with E-state index >= 15 is 0 Å². The lowest BCUT2D eigenvalue weighted by atomic mass is 9.60. The molecule has 92 valence electrons. The number of fused-ring (bicyclic) bond motifs is 1. The minimum Gasteiger partial charge on any atom is -0.390 e. The van der Waals surface area contributed by atoms with Gasteiger partial charge in [-0.2, -0.15) is 0 Å². The number of hydrogen-bond acceptors (Lipinski definition) is 1. The van der Waals surface area contributed by atoms with Crippen LogP contribution >= 0.6 is 0 Å². The van der Waals surface area contributed by atoms with E-state index in [1.54, 1.807) is 5.57 Å². The number of allylic oxidation sites excluding steroid dienone is 2. The maximum absolute atomic E-state index is 10.3. The van der Waals surface area contributed by atoms with E-state index in [2.05, 4.69) is 26.8 Å². The second-order valence-corrected chi connectivity index (χ2v) is 6.60.